The predicted molar refractivity (Wildman–Crippen MR) is 81.1 cm³/mol. The van der Waals surface area contributed by atoms with E-state index < -0.39 is 0 Å². The Morgan fingerprint density at radius 1 is 1.17 bits per heavy atom. The number of nitrogen functional groups attached to an aromatic ring is 1. The number of ether oxygens (including phenoxy) is 1. The number of rotatable bonds is 4. The molecule has 18 heavy (non-hydrogen) atoms. The summed E-state index contributed by atoms with van der Waals surface area (Å²) in [4.78, 5) is 1.21. The second-order valence-electron chi connectivity index (χ2n) is 3.78. The van der Waals surface area contributed by atoms with E-state index in [0.717, 1.165) is 21.7 Å². The SMILES string of the molecule is COc1ccc(SCc2cccc(N)c2Br)cc1. The van der Waals surface area contributed by atoms with Crippen LogP contribution in [0.25, 0.3) is 0 Å². The molecule has 4 heteroatoms. The van der Waals surface area contributed by atoms with Crippen molar-refractivity contribution in [2.45, 2.75) is 10.6 Å². The van der Waals surface area contributed by atoms with Gasteiger partial charge >= 0.3 is 0 Å². The van der Waals surface area contributed by atoms with Gasteiger partial charge < -0.3 is 10.5 Å². The molecule has 0 aromatic heterocycles. The van der Waals surface area contributed by atoms with Crippen LogP contribution >= 0.6 is 27.7 Å². The number of benzene rings is 2. The smallest absolute Gasteiger partial charge is 0.118 e. The van der Waals surface area contributed by atoms with E-state index in [2.05, 4.69) is 34.1 Å². The lowest BCUT2D eigenvalue weighted by Gasteiger charge is -2.07. The summed E-state index contributed by atoms with van der Waals surface area (Å²) in [6, 6.07) is 14.0. The van der Waals surface area contributed by atoms with Gasteiger partial charge in [-0.15, -0.1) is 11.8 Å². The van der Waals surface area contributed by atoms with Crippen LogP contribution in [0.4, 0.5) is 5.69 Å². The highest BCUT2D eigenvalue weighted by molar-refractivity contribution is 9.10. The van der Waals surface area contributed by atoms with E-state index in [1.165, 1.54) is 10.5 Å². The number of nitrogens with two attached hydrogens (primary N) is 1. The van der Waals surface area contributed by atoms with Gasteiger partial charge in [0.15, 0.2) is 0 Å². The zero-order valence-electron chi connectivity index (χ0n) is 10.0. The Morgan fingerprint density at radius 3 is 2.56 bits per heavy atom. The lowest BCUT2D eigenvalue weighted by molar-refractivity contribution is 0.414. The molecule has 0 aliphatic carbocycles. The third kappa shape index (κ3) is 3.21. The molecular formula is C14H14BrNOS. The summed E-state index contributed by atoms with van der Waals surface area (Å²) in [5.41, 5.74) is 7.84. The summed E-state index contributed by atoms with van der Waals surface area (Å²) < 4.78 is 6.13. The van der Waals surface area contributed by atoms with Crippen molar-refractivity contribution < 1.29 is 4.74 Å². The van der Waals surface area contributed by atoms with Crippen LogP contribution in [0.5, 0.6) is 5.75 Å². The minimum Gasteiger partial charge on any atom is -0.497 e. The Balaban J connectivity index is 2.04. The van der Waals surface area contributed by atoms with Gasteiger partial charge in [0, 0.05) is 20.8 Å². The molecule has 2 aromatic carbocycles. The fourth-order valence-electron chi connectivity index (χ4n) is 1.54. The van der Waals surface area contributed by atoms with Gasteiger partial charge in [-0.3, -0.25) is 0 Å². The zero-order valence-corrected chi connectivity index (χ0v) is 12.4. The maximum atomic E-state index is 5.85. The minimum absolute atomic E-state index is 0.780. The second kappa shape index (κ2) is 6.16. The number of hydrogen-bond acceptors (Lipinski definition) is 3. The van der Waals surface area contributed by atoms with E-state index in [1.54, 1.807) is 18.9 Å². The molecule has 0 radical (unpaired) electrons. The average molecular weight is 324 g/mol. The molecule has 0 saturated carbocycles. The maximum absolute atomic E-state index is 5.85. The summed E-state index contributed by atoms with van der Waals surface area (Å²) in [6.07, 6.45) is 0. The molecular weight excluding hydrogens is 310 g/mol. The summed E-state index contributed by atoms with van der Waals surface area (Å²) in [5, 5.41) is 0. The van der Waals surface area contributed by atoms with Gasteiger partial charge in [-0.2, -0.15) is 0 Å². The van der Waals surface area contributed by atoms with Crippen LogP contribution in [-0.4, -0.2) is 7.11 Å². The Hall–Kier alpha value is -1.13. The first-order valence-electron chi connectivity index (χ1n) is 5.50. The molecule has 94 valence electrons. The Kier molecular flexibility index (Phi) is 4.55. The monoisotopic (exact) mass is 323 g/mol. The standard InChI is InChI=1S/C14H14BrNOS/c1-17-11-5-7-12(8-6-11)18-9-10-3-2-4-13(16)14(10)15/h2-8H,9,16H2,1H3. The van der Waals surface area contributed by atoms with E-state index in [-0.39, 0.29) is 0 Å². The topological polar surface area (TPSA) is 35.2 Å². The fourth-order valence-corrected chi connectivity index (χ4v) is 3.03. The summed E-state index contributed by atoms with van der Waals surface area (Å²) in [6.45, 7) is 0. The number of methoxy groups -OCH3 is 1. The highest BCUT2D eigenvalue weighted by Gasteiger charge is 2.03. The van der Waals surface area contributed by atoms with Crippen molar-refractivity contribution in [1.29, 1.82) is 0 Å². The summed E-state index contributed by atoms with van der Waals surface area (Å²) in [7, 11) is 1.67. The molecule has 2 N–H and O–H groups in total. The van der Waals surface area contributed by atoms with Crippen LogP contribution in [0.1, 0.15) is 5.56 Å². The van der Waals surface area contributed by atoms with Crippen molar-refractivity contribution in [2.24, 2.45) is 0 Å². The molecule has 0 atom stereocenters. The lowest BCUT2D eigenvalue weighted by atomic mass is 10.2. The van der Waals surface area contributed by atoms with Crippen LogP contribution in [-0.2, 0) is 5.75 Å². The Morgan fingerprint density at radius 2 is 1.89 bits per heavy atom. The van der Waals surface area contributed by atoms with Crippen molar-refractivity contribution in [1.82, 2.24) is 0 Å². The number of thioether (sulfide) groups is 1. The van der Waals surface area contributed by atoms with Gasteiger partial charge in [-0.1, -0.05) is 12.1 Å². The molecule has 0 saturated heterocycles. The summed E-state index contributed by atoms with van der Waals surface area (Å²) in [5.74, 6) is 1.77. The molecule has 0 aliphatic heterocycles. The number of halogens is 1. The van der Waals surface area contributed by atoms with E-state index in [9.17, 15) is 0 Å². The number of anilines is 1. The first kappa shape index (κ1) is 13.3. The molecule has 0 heterocycles. The Labute approximate surface area is 120 Å². The van der Waals surface area contributed by atoms with Crippen LogP contribution < -0.4 is 10.5 Å². The highest BCUT2D eigenvalue weighted by atomic mass is 79.9. The van der Waals surface area contributed by atoms with Crippen LogP contribution in [0, 0.1) is 0 Å². The molecule has 0 aliphatic rings. The molecule has 0 fully saturated rings. The zero-order chi connectivity index (χ0) is 13.0. The molecule has 0 amide bonds. The van der Waals surface area contributed by atoms with Crippen molar-refractivity contribution in [2.75, 3.05) is 12.8 Å². The van der Waals surface area contributed by atoms with Crippen LogP contribution in [0.15, 0.2) is 51.8 Å². The van der Waals surface area contributed by atoms with Gasteiger partial charge in [0.25, 0.3) is 0 Å². The molecule has 2 aromatic rings. The second-order valence-corrected chi connectivity index (χ2v) is 5.63. The molecule has 2 rings (SSSR count). The molecule has 2 nitrogen and oxygen atoms in total. The quantitative estimate of drug-likeness (QED) is 0.671. The van der Waals surface area contributed by atoms with Gasteiger partial charge in [0.2, 0.25) is 0 Å². The average Bonchev–Trinajstić information content (AvgIpc) is 2.41. The first-order valence-corrected chi connectivity index (χ1v) is 7.28. The lowest BCUT2D eigenvalue weighted by Crippen LogP contribution is -1.90. The third-order valence-corrected chi connectivity index (χ3v) is 4.59. The van der Waals surface area contributed by atoms with Crippen molar-refractivity contribution in [3.8, 4) is 5.75 Å². The fraction of sp³-hybridized carbons (Fsp3) is 0.143. The van der Waals surface area contributed by atoms with Gasteiger partial charge in [-0.25, -0.2) is 0 Å². The molecule has 0 unspecified atom stereocenters. The highest BCUT2D eigenvalue weighted by Crippen LogP contribution is 2.30. The normalized spacial score (nSPS) is 10.3. The first-order chi connectivity index (χ1) is 8.70. The van der Waals surface area contributed by atoms with Crippen LogP contribution in [0.3, 0.4) is 0 Å². The largest absolute Gasteiger partial charge is 0.497 e. The van der Waals surface area contributed by atoms with E-state index in [4.69, 9.17) is 10.5 Å². The number of hydrogen-bond donors (Lipinski definition) is 1. The van der Waals surface area contributed by atoms with Crippen molar-refractivity contribution in [3.63, 3.8) is 0 Å². The van der Waals surface area contributed by atoms with Gasteiger partial charge in [0.1, 0.15) is 5.75 Å². The summed E-state index contributed by atoms with van der Waals surface area (Å²) >= 11 is 5.29. The third-order valence-electron chi connectivity index (χ3n) is 2.56. The van der Waals surface area contributed by atoms with Crippen molar-refractivity contribution in [3.05, 3.63) is 52.5 Å². The van der Waals surface area contributed by atoms with Gasteiger partial charge in [0.05, 0.1) is 7.11 Å². The minimum atomic E-state index is 0.780. The predicted octanol–water partition coefficient (Wildman–Crippen LogP) is 4.33. The van der Waals surface area contributed by atoms with Crippen molar-refractivity contribution >= 4 is 33.4 Å². The molecule has 0 spiro atoms. The van der Waals surface area contributed by atoms with E-state index in [0.29, 0.717) is 0 Å². The molecule has 0 bridgehead atoms. The van der Waals surface area contributed by atoms with Crippen LogP contribution in [0.2, 0.25) is 0 Å². The van der Waals surface area contributed by atoms with E-state index >= 15 is 0 Å². The van der Waals surface area contributed by atoms with E-state index in [1.807, 2.05) is 24.3 Å². The maximum Gasteiger partial charge on any atom is 0.118 e. The Bertz CT molecular complexity index is 528. The van der Waals surface area contributed by atoms with Gasteiger partial charge in [-0.05, 0) is 51.8 Å².